The van der Waals surface area contributed by atoms with E-state index in [0.29, 0.717) is 0 Å². The van der Waals surface area contributed by atoms with E-state index in [9.17, 15) is 0 Å². The van der Waals surface area contributed by atoms with Crippen molar-refractivity contribution in [2.45, 2.75) is 0 Å². The van der Waals surface area contributed by atoms with Crippen LogP contribution >= 0.6 is 28.4 Å². The van der Waals surface area contributed by atoms with Crippen molar-refractivity contribution < 1.29 is 0 Å². The van der Waals surface area contributed by atoms with Crippen molar-refractivity contribution in [3.05, 3.63) is 0 Å². The van der Waals surface area contributed by atoms with Crippen molar-refractivity contribution in [1.82, 2.24) is 0 Å². The molecule has 3 heteroatoms. The predicted molar refractivity (Wildman–Crippen MR) is 47.9 cm³/mol. The van der Waals surface area contributed by atoms with Crippen LogP contribution in [0.15, 0.2) is 0 Å². The minimum absolute atomic E-state index is 0. The standard InChI is InChI=1S/C3H9IS.Pb.2H/c1-5(2,3)4;;;/h1-3H3;;;. The molecule has 0 aromatic heterocycles. The van der Waals surface area contributed by atoms with Gasteiger partial charge >= 0.3 is 27.3 Å². The zero-order valence-electron chi connectivity index (χ0n) is 4.49. The summed E-state index contributed by atoms with van der Waals surface area (Å²) in [4.78, 5) is 0. The first-order chi connectivity index (χ1) is 2.00. The van der Waals surface area contributed by atoms with Crippen molar-refractivity contribution in [3.8, 4) is 0 Å². The molecule has 0 rings (SSSR count). The first-order valence-electron chi connectivity index (χ1n) is 1.38. The van der Waals surface area contributed by atoms with Gasteiger partial charge < -0.3 is 0 Å². The fourth-order valence-electron chi connectivity index (χ4n) is 0. The van der Waals surface area contributed by atoms with Gasteiger partial charge in [0.2, 0.25) is 0 Å². The first kappa shape index (κ1) is 10.9. The van der Waals surface area contributed by atoms with Gasteiger partial charge in [0.1, 0.15) is 0 Å². The van der Waals surface area contributed by atoms with E-state index in [0.717, 1.165) is 0 Å². The van der Waals surface area contributed by atoms with Crippen LogP contribution in [0.25, 0.3) is 0 Å². The SMILES string of the molecule is CS(C)(C)I.[PbH2]. The third-order valence-electron chi connectivity index (χ3n) is 0. The molecule has 0 N–H and O–H groups in total. The summed E-state index contributed by atoms with van der Waals surface area (Å²) in [6.45, 7) is 0. The van der Waals surface area contributed by atoms with Gasteiger partial charge in [0, 0.05) is 0 Å². The molecule has 0 saturated heterocycles. The van der Waals surface area contributed by atoms with Crippen LogP contribution in [0.2, 0.25) is 0 Å². The number of hydrogen-bond donors (Lipinski definition) is 0. The molecule has 0 fully saturated rings. The molecule has 0 aliphatic heterocycles. The second kappa shape index (κ2) is 3.94. The quantitative estimate of drug-likeness (QED) is 0.413. The van der Waals surface area contributed by atoms with Crippen LogP contribution in [0, 0.1) is 0 Å². The molecule has 6 heavy (non-hydrogen) atoms. The Hall–Kier alpha value is 2.00. The number of rotatable bonds is 0. The fourth-order valence-corrected chi connectivity index (χ4v) is 0. The molecule has 0 unspecified atom stereocenters. The summed E-state index contributed by atoms with van der Waals surface area (Å²) in [5.74, 6) is 0. The second-order valence-corrected chi connectivity index (χ2v) is 13.0. The van der Waals surface area contributed by atoms with Gasteiger partial charge in [-0.2, -0.15) is 7.20 Å². The van der Waals surface area contributed by atoms with Gasteiger partial charge in [-0.25, -0.2) is 0 Å². The van der Waals surface area contributed by atoms with Crippen LogP contribution < -0.4 is 0 Å². The molecule has 0 spiro atoms. The average Bonchev–Trinajstić information content (AvgIpc) is 0.722. The van der Waals surface area contributed by atoms with E-state index < -0.39 is 0 Å². The van der Waals surface area contributed by atoms with E-state index in [1.807, 2.05) is 0 Å². The van der Waals surface area contributed by atoms with Crippen molar-refractivity contribution in [2.75, 3.05) is 18.8 Å². The predicted octanol–water partition coefficient (Wildman–Crippen LogP) is 1.11. The Balaban J connectivity index is 0. The molecular weight excluding hydrogens is 402 g/mol. The fraction of sp³-hybridized carbons (Fsp3) is 1.00. The van der Waals surface area contributed by atoms with Gasteiger partial charge in [0.25, 0.3) is 0 Å². The topological polar surface area (TPSA) is 0 Å². The molecular formula is C3H11IPbS. The molecule has 0 heterocycles. The summed E-state index contributed by atoms with van der Waals surface area (Å²) in [5.41, 5.74) is 0. The van der Waals surface area contributed by atoms with Crippen LogP contribution in [-0.2, 0) is 0 Å². The van der Waals surface area contributed by atoms with Gasteiger partial charge in [-0.3, -0.25) is 0 Å². The van der Waals surface area contributed by atoms with E-state index in [1.165, 1.54) is 0 Å². The molecule has 0 aliphatic carbocycles. The summed E-state index contributed by atoms with van der Waals surface area (Å²) in [5, 5.41) is 0. The normalized spacial score (nSPS) is 12.7. The van der Waals surface area contributed by atoms with Crippen molar-refractivity contribution >= 4 is 55.7 Å². The molecule has 0 nitrogen and oxygen atoms in total. The third kappa shape index (κ3) is 37.5. The zero-order valence-corrected chi connectivity index (χ0v) is 13.0. The summed E-state index contributed by atoms with van der Waals surface area (Å²) < 4.78 is 0. The molecule has 0 aromatic carbocycles. The van der Waals surface area contributed by atoms with E-state index in [2.05, 4.69) is 40.0 Å². The zero-order chi connectivity index (χ0) is 4.50. The average molecular weight is 413 g/mol. The first-order valence-corrected chi connectivity index (χ1v) is 6.78. The minimum atomic E-state index is -0.197. The van der Waals surface area contributed by atoms with Gasteiger partial charge in [-0.05, 0) is 40.0 Å². The van der Waals surface area contributed by atoms with Crippen LogP contribution in [0.3, 0.4) is 0 Å². The monoisotopic (exact) mass is 414 g/mol. The van der Waals surface area contributed by atoms with Crippen molar-refractivity contribution in [2.24, 2.45) is 0 Å². The molecule has 40 valence electrons. The Morgan fingerprint density at radius 1 is 1.17 bits per heavy atom. The van der Waals surface area contributed by atoms with Gasteiger partial charge in [-0.1, -0.05) is 0 Å². The van der Waals surface area contributed by atoms with Gasteiger partial charge in [0.05, 0.1) is 0 Å². The van der Waals surface area contributed by atoms with E-state index >= 15 is 0 Å². The van der Waals surface area contributed by atoms with Gasteiger partial charge in [0.15, 0.2) is 0 Å². The van der Waals surface area contributed by atoms with Crippen LogP contribution in [0.4, 0.5) is 0 Å². The molecule has 0 saturated carbocycles. The summed E-state index contributed by atoms with van der Waals surface area (Å²) in [7, 11) is -0.197. The molecule has 0 aromatic rings. The summed E-state index contributed by atoms with van der Waals surface area (Å²) >= 11 is 2.46. The molecule has 2 radical (unpaired) electrons. The Kier molecular flexibility index (Phi) is 7.15. The van der Waals surface area contributed by atoms with Crippen molar-refractivity contribution in [3.63, 3.8) is 0 Å². The molecule has 0 amide bonds. The van der Waals surface area contributed by atoms with E-state index in [1.54, 1.807) is 0 Å². The number of hydrogen-bond acceptors (Lipinski definition) is 0. The van der Waals surface area contributed by atoms with Crippen LogP contribution in [-0.4, -0.2) is 46.1 Å². The maximum atomic E-state index is 2.46. The van der Waals surface area contributed by atoms with E-state index in [-0.39, 0.29) is 34.5 Å². The summed E-state index contributed by atoms with van der Waals surface area (Å²) in [6.07, 6.45) is 6.77. The maximum absolute atomic E-state index is 2.46. The molecule has 0 atom stereocenters. The van der Waals surface area contributed by atoms with Gasteiger partial charge in [-0.15, -0.1) is 0 Å². The molecule has 0 bridgehead atoms. The Morgan fingerprint density at radius 2 is 1.17 bits per heavy atom. The second-order valence-electron chi connectivity index (χ2n) is 1.69. The number of halogens is 1. The van der Waals surface area contributed by atoms with Crippen LogP contribution in [0.1, 0.15) is 0 Å². The Morgan fingerprint density at radius 3 is 1.17 bits per heavy atom. The van der Waals surface area contributed by atoms with Crippen LogP contribution in [0.5, 0.6) is 0 Å². The Labute approximate surface area is 73.5 Å². The molecule has 0 aliphatic rings. The summed E-state index contributed by atoms with van der Waals surface area (Å²) in [6, 6.07) is 0. The Bertz CT molecular complexity index is 26.3. The van der Waals surface area contributed by atoms with E-state index in [4.69, 9.17) is 0 Å². The van der Waals surface area contributed by atoms with Crippen molar-refractivity contribution in [1.29, 1.82) is 0 Å². The third-order valence-corrected chi connectivity index (χ3v) is 0.